The molecule has 1 aromatic carbocycles. The van der Waals surface area contributed by atoms with E-state index in [9.17, 15) is 4.79 Å². The van der Waals surface area contributed by atoms with E-state index in [-0.39, 0.29) is 66.3 Å². The summed E-state index contributed by atoms with van der Waals surface area (Å²) in [4.78, 5) is 12.2. The number of ether oxygens (including phenoxy) is 10. The van der Waals surface area contributed by atoms with Gasteiger partial charge in [-0.15, -0.1) is 0 Å². The van der Waals surface area contributed by atoms with Crippen LogP contribution in [0.25, 0.3) is 0 Å². The van der Waals surface area contributed by atoms with E-state index in [1.165, 1.54) is 7.11 Å². The van der Waals surface area contributed by atoms with Crippen LogP contribution in [0.3, 0.4) is 0 Å². The highest BCUT2D eigenvalue weighted by Gasteiger charge is 2.62. The van der Waals surface area contributed by atoms with Gasteiger partial charge in [-0.25, -0.2) is 4.79 Å². The summed E-state index contributed by atoms with van der Waals surface area (Å²) >= 11 is 0. The Labute approximate surface area is 334 Å². The zero-order valence-electron chi connectivity index (χ0n) is 35.7. The minimum absolute atomic E-state index is 0.0459. The first kappa shape index (κ1) is 42.0. The van der Waals surface area contributed by atoms with Crippen LogP contribution >= 0.6 is 0 Å². The molecule has 6 saturated heterocycles. The molecule has 7 rings (SSSR count). The minimum Gasteiger partial charge on any atom is -0.497 e. The molecule has 0 unspecified atom stereocenters. The van der Waals surface area contributed by atoms with Gasteiger partial charge in [0.15, 0.2) is 17.9 Å². The molecule has 11 heteroatoms. The molecule has 6 heterocycles. The van der Waals surface area contributed by atoms with Gasteiger partial charge in [0.2, 0.25) is 0 Å². The Balaban J connectivity index is 1.03. The van der Waals surface area contributed by atoms with Crippen LogP contribution in [0.1, 0.15) is 119 Å². The van der Waals surface area contributed by atoms with Gasteiger partial charge in [-0.1, -0.05) is 59.8 Å². The lowest BCUT2D eigenvalue weighted by Gasteiger charge is -2.48. The molecule has 6 fully saturated rings. The minimum atomic E-state index is -0.831. The van der Waals surface area contributed by atoms with E-state index in [0.29, 0.717) is 24.5 Å². The van der Waals surface area contributed by atoms with Gasteiger partial charge >= 0.3 is 5.97 Å². The molecule has 0 saturated carbocycles. The number of methoxy groups -OCH3 is 3. The Hall–Kier alpha value is -2.09. The predicted molar refractivity (Wildman–Crippen MR) is 209 cm³/mol. The lowest BCUT2D eigenvalue weighted by molar-refractivity contribution is -0.332. The van der Waals surface area contributed by atoms with Crippen LogP contribution in [-0.4, -0.2) is 93.3 Å². The molecule has 0 bridgehead atoms. The van der Waals surface area contributed by atoms with Crippen molar-refractivity contribution in [2.75, 3.05) is 27.9 Å². The number of rotatable bonds is 10. The van der Waals surface area contributed by atoms with Gasteiger partial charge in [-0.2, -0.15) is 0 Å². The van der Waals surface area contributed by atoms with E-state index in [0.717, 1.165) is 56.3 Å². The summed E-state index contributed by atoms with van der Waals surface area (Å²) < 4.78 is 64.9. The van der Waals surface area contributed by atoms with Crippen molar-refractivity contribution in [1.29, 1.82) is 0 Å². The first-order chi connectivity index (χ1) is 26.6. The third-order valence-corrected chi connectivity index (χ3v) is 14.5. The smallest absolute Gasteiger partial charge is 0.333 e. The molecule has 56 heavy (non-hydrogen) atoms. The zero-order chi connectivity index (χ0) is 40.2. The van der Waals surface area contributed by atoms with Gasteiger partial charge in [0.05, 0.1) is 62.0 Å². The fraction of sp³-hybridized carbons (Fsp3) is 0.800. The lowest BCUT2D eigenvalue weighted by atomic mass is 9.80. The predicted octanol–water partition coefficient (Wildman–Crippen LogP) is 8.08. The van der Waals surface area contributed by atoms with E-state index in [1.54, 1.807) is 21.1 Å². The first-order valence-corrected chi connectivity index (χ1v) is 21.2. The van der Waals surface area contributed by atoms with Crippen molar-refractivity contribution in [3.63, 3.8) is 0 Å². The monoisotopic (exact) mass is 784 g/mol. The molecule has 0 radical (unpaired) electrons. The van der Waals surface area contributed by atoms with Crippen molar-refractivity contribution < 1.29 is 52.2 Å². The highest BCUT2D eigenvalue weighted by molar-refractivity contribution is 5.87. The van der Waals surface area contributed by atoms with Crippen LogP contribution in [0.4, 0.5) is 0 Å². The van der Waals surface area contributed by atoms with Crippen molar-refractivity contribution >= 4 is 5.97 Å². The molecule has 11 nitrogen and oxygen atoms in total. The van der Waals surface area contributed by atoms with E-state index < -0.39 is 29.1 Å². The van der Waals surface area contributed by atoms with Gasteiger partial charge in [0, 0.05) is 48.8 Å². The molecule has 0 aliphatic carbocycles. The molecule has 314 valence electrons. The molecular formula is C45H68O11. The highest BCUT2D eigenvalue weighted by Crippen LogP contribution is 2.55. The number of hydrogen-bond acceptors (Lipinski definition) is 11. The van der Waals surface area contributed by atoms with E-state index >= 15 is 0 Å². The van der Waals surface area contributed by atoms with Crippen molar-refractivity contribution in [2.45, 2.75) is 172 Å². The van der Waals surface area contributed by atoms with E-state index in [4.69, 9.17) is 47.4 Å². The van der Waals surface area contributed by atoms with Crippen LogP contribution in [0, 0.1) is 29.6 Å². The fourth-order valence-electron chi connectivity index (χ4n) is 11.2. The van der Waals surface area contributed by atoms with Gasteiger partial charge in [-0.05, 0) is 76.3 Å². The third-order valence-electron chi connectivity index (χ3n) is 14.5. The average Bonchev–Trinajstić information content (AvgIpc) is 3.99. The third kappa shape index (κ3) is 7.62. The Kier molecular flexibility index (Phi) is 12.1. The average molecular weight is 785 g/mol. The summed E-state index contributed by atoms with van der Waals surface area (Å²) in [5, 5.41) is 0. The number of benzene rings is 1. The maximum atomic E-state index is 12.2. The second-order valence-electron chi connectivity index (χ2n) is 18.4. The van der Waals surface area contributed by atoms with Crippen LogP contribution in [0.5, 0.6) is 5.75 Å². The maximum absolute atomic E-state index is 12.2. The lowest BCUT2D eigenvalue weighted by Crippen LogP contribution is -2.55. The van der Waals surface area contributed by atoms with Crippen molar-refractivity contribution in [2.24, 2.45) is 29.6 Å². The summed E-state index contributed by atoms with van der Waals surface area (Å²) in [5.74, 6) is -0.345. The molecule has 6 aliphatic rings. The summed E-state index contributed by atoms with van der Waals surface area (Å²) in [6.45, 7) is 17.6. The number of carbonyl (C=O) groups excluding carboxylic acids is 1. The van der Waals surface area contributed by atoms with E-state index in [2.05, 4.69) is 48.5 Å². The summed E-state index contributed by atoms with van der Waals surface area (Å²) in [5.41, 5.74) is 0.552. The summed E-state index contributed by atoms with van der Waals surface area (Å²) in [6, 6.07) is 7.84. The number of carbonyl (C=O) groups is 1. The van der Waals surface area contributed by atoms with Crippen LogP contribution in [-0.2, 0) is 47.4 Å². The SMILES string of the molecule is CC[C@@]1([C@@H]2O[C@H]([C@H]3O[C@@]4(CO[C@H](c5ccc(OC)cc5)O4)[C@H](C)C[C@@H]3C)C[C@@H]2C)CC[C@H]([C@@]2(C)CC[C@]3(C[C@H](OC)[C@@H](C)[C@@H]([C@@H](C)/C=C(\C)C(=O)OC)O3)O2)O1. The first-order valence-electron chi connectivity index (χ1n) is 21.2. The summed E-state index contributed by atoms with van der Waals surface area (Å²) in [6.07, 6.45) is 7.54. The molecule has 6 aliphatic heterocycles. The largest absolute Gasteiger partial charge is 0.497 e. The zero-order valence-corrected chi connectivity index (χ0v) is 35.7. The van der Waals surface area contributed by atoms with Gasteiger partial charge < -0.3 is 47.4 Å². The van der Waals surface area contributed by atoms with Gasteiger partial charge in [0.1, 0.15) is 12.4 Å². The molecule has 16 atom stereocenters. The van der Waals surface area contributed by atoms with Gasteiger partial charge in [0.25, 0.3) is 0 Å². The molecular weight excluding hydrogens is 716 g/mol. The van der Waals surface area contributed by atoms with Crippen LogP contribution < -0.4 is 4.74 Å². The normalized spacial score (nSPS) is 46.1. The molecule has 0 aromatic heterocycles. The maximum Gasteiger partial charge on any atom is 0.333 e. The quantitative estimate of drug-likeness (QED) is 0.170. The van der Waals surface area contributed by atoms with Crippen molar-refractivity contribution in [3.8, 4) is 5.75 Å². The van der Waals surface area contributed by atoms with Crippen LogP contribution in [0.15, 0.2) is 35.9 Å². The number of esters is 1. The Morgan fingerprint density at radius 2 is 1.71 bits per heavy atom. The Morgan fingerprint density at radius 1 is 0.964 bits per heavy atom. The Bertz CT molecular complexity index is 1570. The molecule has 0 N–H and O–H groups in total. The fourth-order valence-corrected chi connectivity index (χ4v) is 11.2. The molecule has 2 spiro atoms. The van der Waals surface area contributed by atoms with Gasteiger partial charge in [-0.3, -0.25) is 0 Å². The second-order valence-corrected chi connectivity index (χ2v) is 18.4. The highest BCUT2D eigenvalue weighted by atomic mass is 16.8. The molecule has 0 amide bonds. The van der Waals surface area contributed by atoms with E-state index in [1.807, 2.05) is 30.3 Å². The topological polar surface area (TPSA) is 109 Å². The Morgan fingerprint density at radius 3 is 2.39 bits per heavy atom. The second kappa shape index (κ2) is 16.2. The number of hydrogen-bond donors (Lipinski definition) is 0. The van der Waals surface area contributed by atoms with Crippen LogP contribution in [0.2, 0.25) is 0 Å². The molecule has 1 aromatic rings. The van der Waals surface area contributed by atoms with Crippen molar-refractivity contribution in [3.05, 3.63) is 41.5 Å². The standard InChI is InChI=1S/C45H68O11/c1-12-43(18-17-36(52-43)42(8)19-20-44(56-42)24-35(48-10)31(7)37(53-44)26(2)21-29(5)40(46)49-11)39-28(4)23-34(51-39)38-27(3)22-30(6)45(54-38)25-50-41(55-45)32-13-15-33(47-9)16-14-32/h13-16,21,26-28,30-31,34-39,41H,12,17-20,22-25H2,1-11H3/b29-21+/t26-,27-,28-,30+,31+,34-,35-,36+,37+,38-,39+,41-,42+,43-,44+,45+/m0/s1. The summed E-state index contributed by atoms with van der Waals surface area (Å²) in [7, 11) is 4.84. The van der Waals surface area contributed by atoms with Crippen molar-refractivity contribution in [1.82, 2.24) is 0 Å².